The van der Waals surface area contributed by atoms with Crippen molar-refractivity contribution in [3.8, 4) is 0 Å². The Morgan fingerprint density at radius 1 is 0.905 bits per heavy atom. The summed E-state index contributed by atoms with van der Waals surface area (Å²) in [5.41, 5.74) is 0.444. The minimum absolute atomic E-state index is 0.0788. The third-order valence-electron chi connectivity index (χ3n) is 3.19. The van der Waals surface area contributed by atoms with Crippen LogP contribution in [0, 0.1) is 5.82 Å². The predicted octanol–water partition coefficient (Wildman–Crippen LogP) is 2.67. The van der Waals surface area contributed by atoms with Crippen LogP contribution in [0.5, 0.6) is 0 Å². The SMILES string of the molecule is O=C1C(O)=C(c2ccccc2)C(=O)N1c1cccc(F)c1. The Hall–Kier alpha value is -2.95. The standard InChI is InChI=1S/C16H10FNO3/c17-11-7-4-8-12(9-11)18-15(20)13(14(19)16(18)21)10-5-2-1-3-6-10/h1-9,19H. The van der Waals surface area contributed by atoms with Crippen LogP contribution in [-0.2, 0) is 9.59 Å². The molecule has 2 aromatic rings. The van der Waals surface area contributed by atoms with E-state index in [1.165, 1.54) is 18.2 Å². The fourth-order valence-electron chi connectivity index (χ4n) is 2.23. The number of halogens is 1. The van der Waals surface area contributed by atoms with E-state index in [-0.39, 0.29) is 11.3 Å². The van der Waals surface area contributed by atoms with Crippen molar-refractivity contribution in [2.75, 3.05) is 4.90 Å². The summed E-state index contributed by atoms with van der Waals surface area (Å²) in [5.74, 6) is -2.73. The monoisotopic (exact) mass is 283 g/mol. The highest BCUT2D eigenvalue weighted by molar-refractivity contribution is 6.44. The molecule has 104 valence electrons. The van der Waals surface area contributed by atoms with Gasteiger partial charge in [0.15, 0.2) is 5.76 Å². The first-order chi connectivity index (χ1) is 10.1. The van der Waals surface area contributed by atoms with Crippen molar-refractivity contribution < 1.29 is 19.1 Å². The Balaban J connectivity index is 2.07. The van der Waals surface area contributed by atoms with Crippen LogP contribution in [-0.4, -0.2) is 16.9 Å². The average molecular weight is 283 g/mol. The first-order valence-electron chi connectivity index (χ1n) is 6.22. The van der Waals surface area contributed by atoms with Crippen LogP contribution in [0.25, 0.3) is 5.57 Å². The molecule has 0 bridgehead atoms. The molecule has 2 aromatic carbocycles. The van der Waals surface area contributed by atoms with Crippen molar-refractivity contribution in [1.82, 2.24) is 0 Å². The highest BCUT2D eigenvalue weighted by Crippen LogP contribution is 2.31. The lowest BCUT2D eigenvalue weighted by molar-refractivity contribution is -0.121. The van der Waals surface area contributed by atoms with Crippen molar-refractivity contribution in [2.24, 2.45) is 0 Å². The van der Waals surface area contributed by atoms with E-state index in [1.807, 2.05) is 0 Å². The number of hydrogen-bond acceptors (Lipinski definition) is 3. The zero-order chi connectivity index (χ0) is 15.0. The van der Waals surface area contributed by atoms with Gasteiger partial charge in [-0.2, -0.15) is 0 Å². The maximum Gasteiger partial charge on any atom is 0.301 e. The molecular weight excluding hydrogens is 273 g/mol. The summed E-state index contributed by atoms with van der Waals surface area (Å²) in [5, 5.41) is 9.96. The lowest BCUT2D eigenvalue weighted by Crippen LogP contribution is -2.31. The lowest BCUT2D eigenvalue weighted by Gasteiger charge is -2.14. The van der Waals surface area contributed by atoms with Crippen LogP contribution >= 0.6 is 0 Å². The number of carbonyl (C=O) groups excluding carboxylic acids is 2. The van der Waals surface area contributed by atoms with Crippen molar-refractivity contribution in [3.63, 3.8) is 0 Å². The molecule has 0 radical (unpaired) electrons. The third-order valence-corrected chi connectivity index (χ3v) is 3.19. The van der Waals surface area contributed by atoms with Gasteiger partial charge in [0.25, 0.3) is 5.91 Å². The highest BCUT2D eigenvalue weighted by Gasteiger charge is 2.40. The number of amides is 2. The van der Waals surface area contributed by atoms with E-state index >= 15 is 0 Å². The van der Waals surface area contributed by atoms with Gasteiger partial charge in [0, 0.05) is 0 Å². The number of rotatable bonds is 2. The summed E-state index contributed by atoms with van der Waals surface area (Å²) in [4.78, 5) is 25.3. The van der Waals surface area contributed by atoms with Crippen LogP contribution in [0.4, 0.5) is 10.1 Å². The number of carbonyl (C=O) groups is 2. The van der Waals surface area contributed by atoms with Crippen LogP contribution in [0.15, 0.2) is 60.4 Å². The normalized spacial score (nSPS) is 15.0. The van der Waals surface area contributed by atoms with E-state index in [9.17, 15) is 19.1 Å². The average Bonchev–Trinajstić information content (AvgIpc) is 2.70. The van der Waals surface area contributed by atoms with Crippen LogP contribution in [0.1, 0.15) is 5.56 Å². The van der Waals surface area contributed by atoms with Crippen LogP contribution < -0.4 is 4.90 Å². The molecular formula is C16H10FNO3. The van der Waals surface area contributed by atoms with Gasteiger partial charge in [-0.05, 0) is 23.8 Å². The van der Waals surface area contributed by atoms with Gasteiger partial charge in [-0.3, -0.25) is 9.59 Å². The second kappa shape index (κ2) is 4.86. The molecule has 0 unspecified atom stereocenters. The molecule has 5 heteroatoms. The van der Waals surface area contributed by atoms with Gasteiger partial charge in [-0.15, -0.1) is 0 Å². The minimum atomic E-state index is -0.857. The second-order valence-corrected chi connectivity index (χ2v) is 4.52. The number of benzene rings is 2. The minimum Gasteiger partial charge on any atom is -0.502 e. The van der Waals surface area contributed by atoms with Crippen molar-refractivity contribution >= 4 is 23.1 Å². The Morgan fingerprint density at radius 2 is 1.62 bits per heavy atom. The van der Waals surface area contributed by atoms with Crippen molar-refractivity contribution in [1.29, 1.82) is 0 Å². The molecule has 0 spiro atoms. The molecule has 21 heavy (non-hydrogen) atoms. The zero-order valence-electron chi connectivity index (χ0n) is 10.8. The summed E-state index contributed by atoms with van der Waals surface area (Å²) in [7, 11) is 0. The molecule has 0 saturated carbocycles. The molecule has 1 aliphatic rings. The third kappa shape index (κ3) is 2.08. The molecule has 0 fully saturated rings. The molecule has 3 rings (SSSR count). The molecule has 0 atom stereocenters. The number of hydrogen-bond donors (Lipinski definition) is 1. The molecule has 1 N–H and O–H groups in total. The van der Waals surface area contributed by atoms with E-state index in [2.05, 4.69) is 0 Å². The van der Waals surface area contributed by atoms with Crippen molar-refractivity contribution in [3.05, 3.63) is 71.7 Å². The summed E-state index contributed by atoms with van der Waals surface area (Å²) in [6, 6.07) is 13.5. The number of aliphatic hydroxyl groups is 1. The maximum absolute atomic E-state index is 13.3. The van der Waals surface area contributed by atoms with Crippen LogP contribution in [0.3, 0.4) is 0 Å². The summed E-state index contributed by atoms with van der Waals surface area (Å²) in [6.07, 6.45) is 0. The van der Waals surface area contributed by atoms with E-state index in [1.54, 1.807) is 30.3 Å². The fraction of sp³-hybridized carbons (Fsp3) is 0. The van der Waals surface area contributed by atoms with Gasteiger partial charge in [-0.1, -0.05) is 36.4 Å². The maximum atomic E-state index is 13.3. The van der Waals surface area contributed by atoms with Gasteiger partial charge >= 0.3 is 5.91 Å². The predicted molar refractivity (Wildman–Crippen MR) is 74.9 cm³/mol. The van der Waals surface area contributed by atoms with Crippen molar-refractivity contribution in [2.45, 2.75) is 0 Å². The summed E-state index contributed by atoms with van der Waals surface area (Å²) < 4.78 is 13.3. The topological polar surface area (TPSA) is 57.6 Å². The summed E-state index contributed by atoms with van der Waals surface area (Å²) >= 11 is 0. The molecule has 0 aromatic heterocycles. The Morgan fingerprint density at radius 3 is 2.29 bits per heavy atom. The number of imide groups is 1. The fourth-order valence-corrected chi connectivity index (χ4v) is 2.23. The summed E-state index contributed by atoms with van der Waals surface area (Å²) in [6.45, 7) is 0. The first-order valence-corrected chi connectivity index (χ1v) is 6.22. The molecule has 0 saturated heterocycles. The first kappa shape index (κ1) is 13.1. The van der Waals surface area contributed by atoms with Gasteiger partial charge in [-0.25, -0.2) is 9.29 Å². The molecule has 1 heterocycles. The largest absolute Gasteiger partial charge is 0.502 e. The van der Waals surface area contributed by atoms with Gasteiger partial charge in [0.05, 0.1) is 11.3 Å². The highest BCUT2D eigenvalue weighted by atomic mass is 19.1. The van der Waals surface area contributed by atoms with E-state index in [4.69, 9.17) is 0 Å². The van der Waals surface area contributed by atoms with Gasteiger partial charge in [0.1, 0.15) is 5.82 Å². The molecule has 2 amide bonds. The molecule has 0 aliphatic carbocycles. The Bertz CT molecular complexity index is 768. The van der Waals surface area contributed by atoms with E-state index in [0.717, 1.165) is 11.0 Å². The quantitative estimate of drug-likeness (QED) is 0.862. The Labute approximate surface area is 119 Å². The number of nitrogens with zero attached hydrogens (tertiary/aromatic N) is 1. The smallest absolute Gasteiger partial charge is 0.301 e. The Kier molecular flexibility index (Phi) is 3.02. The molecule has 1 aliphatic heterocycles. The van der Waals surface area contributed by atoms with Gasteiger partial charge < -0.3 is 5.11 Å². The van der Waals surface area contributed by atoms with Gasteiger partial charge in [0.2, 0.25) is 0 Å². The number of aliphatic hydroxyl groups excluding tert-OH is 1. The van der Waals surface area contributed by atoms with E-state index in [0.29, 0.717) is 5.56 Å². The van der Waals surface area contributed by atoms with Crippen LogP contribution in [0.2, 0.25) is 0 Å². The number of anilines is 1. The zero-order valence-corrected chi connectivity index (χ0v) is 10.8. The molecule has 4 nitrogen and oxygen atoms in total. The second-order valence-electron chi connectivity index (χ2n) is 4.52. The van der Waals surface area contributed by atoms with E-state index < -0.39 is 23.4 Å². The lowest BCUT2D eigenvalue weighted by atomic mass is 10.1.